The van der Waals surface area contributed by atoms with E-state index in [1.54, 1.807) is 0 Å². The van der Waals surface area contributed by atoms with Crippen LogP contribution in [0.4, 0.5) is 0 Å². The Morgan fingerprint density at radius 2 is 1.67 bits per heavy atom. The van der Waals surface area contributed by atoms with Gasteiger partial charge in [-0.15, -0.1) is 0 Å². The molecule has 88 valence electrons. The van der Waals surface area contributed by atoms with Crippen LogP contribution in [0.25, 0.3) is 0 Å². The minimum absolute atomic E-state index is 0.160. The molecule has 6 atom stereocenters. The minimum atomic E-state index is -0.270. The molecule has 2 heteroatoms. The van der Waals surface area contributed by atoms with Gasteiger partial charge in [0, 0.05) is 5.92 Å². The molecule has 0 spiro atoms. The van der Waals surface area contributed by atoms with Crippen LogP contribution in [0.15, 0.2) is 0 Å². The molecule has 15 heavy (non-hydrogen) atoms. The van der Waals surface area contributed by atoms with Crippen molar-refractivity contribution in [2.75, 3.05) is 0 Å². The highest BCUT2D eigenvalue weighted by Gasteiger charge is 2.45. The lowest BCUT2D eigenvalue weighted by Gasteiger charge is -2.47. The first-order chi connectivity index (χ1) is 7.15. The van der Waals surface area contributed by atoms with Crippen LogP contribution >= 0.6 is 0 Å². The van der Waals surface area contributed by atoms with Gasteiger partial charge in [-0.2, -0.15) is 0 Å². The fourth-order valence-corrected chi connectivity index (χ4v) is 3.67. The summed E-state index contributed by atoms with van der Waals surface area (Å²) in [7, 11) is 0. The maximum atomic E-state index is 10.3. The summed E-state index contributed by atoms with van der Waals surface area (Å²) in [5, 5.41) is 20.5. The van der Waals surface area contributed by atoms with Gasteiger partial charge < -0.3 is 10.2 Å². The molecule has 0 heterocycles. The minimum Gasteiger partial charge on any atom is -0.392 e. The fraction of sp³-hybridized carbons (Fsp3) is 1.00. The maximum Gasteiger partial charge on any atom is 0.0623 e. The monoisotopic (exact) mass is 212 g/mol. The molecule has 0 aromatic heterocycles. The molecular weight excluding hydrogens is 188 g/mol. The van der Waals surface area contributed by atoms with E-state index in [4.69, 9.17) is 0 Å². The number of rotatable bonds is 1. The summed E-state index contributed by atoms with van der Waals surface area (Å²) in [6, 6.07) is 0. The van der Waals surface area contributed by atoms with Crippen molar-refractivity contribution < 1.29 is 10.2 Å². The molecule has 0 radical (unpaired) electrons. The lowest BCUT2D eigenvalue weighted by Crippen LogP contribution is -2.50. The second-order valence-corrected chi connectivity index (χ2v) is 5.62. The number of aliphatic hydroxyl groups excluding tert-OH is 2. The van der Waals surface area contributed by atoms with Crippen LogP contribution in [-0.4, -0.2) is 22.4 Å². The Balaban J connectivity index is 2.11. The van der Waals surface area contributed by atoms with E-state index in [9.17, 15) is 10.2 Å². The average molecular weight is 212 g/mol. The van der Waals surface area contributed by atoms with Gasteiger partial charge in [-0.3, -0.25) is 0 Å². The van der Waals surface area contributed by atoms with Crippen molar-refractivity contribution in [3.63, 3.8) is 0 Å². The molecule has 0 aliphatic heterocycles. The van der Waals surface area contributed by atoms with Gasteiger partial charge in [0.25, 0.3) is 0 Å². The van der Waals surface area contributed by atoms with Gasteiger partial charge in [-0.1, -0.05) is 20.3 Å². The molecular formula is C13H24O2. The topological polar surface area (TPSA) is 40.5 Å². The summed E-state index contributed by atoms with van der Waals surface area (Å²) in [4.78, 5) is 0. The molecule has 0 aromatic carbocycles. The summed E-state index contributed by atoms with van der Waals surface area (Å²) in [5.41, 5.74) is 0. The second-order valence-electron chi connectivity index (χ2n) is 5.62. The molecule has 0 amide bonds. The molecule has 2 rings (SSSR count). The molecule has 2 fully saturated rings. The van der Waals surface area contributed by atoms with Gasteiger partial charge in [0.1, 0.15) is 0 Å². The Bertz CT molecular complexity index is 215. The van der Waals surface area contributed by atoms with Crippen molar-refractivity contribution in [3.8, 4) is 0 Å². The van der Waals surface area contributed by atoms with Crippen LogP contribution in [0.1, 0.15) is 46.0 Å². The Kier molecular flexibility index (Phi) is 3.36. The summed E-state index contributed by atoms with van der Waals surface area (Å²) in [6.45, 7) is 4.26. The highest BCUT2D eigenvalue weighted by atomic mass is 16.3. The van der Waals surface area contributed by atoms with Crippen LogP contribution in [0.3, 0.4) is 0 Å². The van der Waals surface area contributed by atoms with E-state index in [1.807, 2.05) is 0 Å². The molecule has 0 aromatic rings. The fourth-order valence-electron chi connectivity index (χ4n) is 3.67. The predicted octanol–water partition coefficient (Wildman–Crippen LogP) is 2.19. The SMILES string of the molecule is CC[C@H]1CCC2CC[C@H](C)C(O)C2C1O. The zero-order valence-corrected chi connectivity index (χ0v) is 9.89. The van der Waals surface area contributed by atoms with Gasteiger partial charge in [0.15, 0.2) is 0 Å². The Morgan fingerprint density at radius 1 is 1.00 bits per heavy atom. The zero-order chi connectivity index (χ0) is 11.0. The van der Waals surface area contributed by atoms with E-state index in [0.717, 1.165) is 19.3 Å². The standard InChI is InChI=1S/C13H24O2/c1-3-9-6-7-10-5-4-8(2)12(14)11(10)13(9)15/h8-15H,3-7H2,1-2H3/t8-,9-,10?,11?,12?,13?/m0/s1. The number of fused-ring (bicyclic) bond motifs is 1. The molecule has 2 nitrogen and oxygen atoms in total. The Hall–Kier alpha value is -0.0800. The molecule has 2 aliphatic rings. The van der Waals surface area contributed by atoms with Gasteiger partial charge in [0.05, 0.1) is 12.2 Å². The van der Waals surface area contributed by atoms with E-state index in [-0.39, 0.29) is 18.1 Å². The average Bonchev–Trinajstić information content (AvgIpc) is 2.24. The van der Waals surface area contributed by atoms with Crippen molar-refractivity contribution in [3.05, 3.63) is 0 Å². The van der Waals surface area contributed by atoms with E-state index in [0.29, 0.717) is 17.8 Å². The van der Waals surface area contributed by atoms with Crippen molar-refractivity contribution in [2.24, 2.45) is 23.7 Å². The van der Waals surface area contributed by atoms with Crippen LogP contribution in [-0.2, 0) is 0 Å². The third-order valence-electron chi connectivity index (χ3n) is 4.82. The van der Waals surface area contributed by atoms with E-state index < -0.39 is 0 Å². The Labute approximate surface area is 92.7 Å². The number of hydrogen-bond donors (Lipinski definition) is 2. The van der Waals surface area contributed by atoms with E-state index >= 15 is 0 Å². The summed E-state index contributed by atoms with van der Waals surface area (Å²) in [6.07, 6.45) is 5.22. The normalized spacial score (nSPS) is 51.2. The lowest BCUT2D eigenvalue weighted by molar-refractivity contribution is -0.112. The lowest BCUT2D eigenvalue weighted by atomic mass is 9.62. The summed E-state index contributed by atoms with van der Waals surface area (Å²) in [5.74, 6) is 1.53. The van der Waals surface area contributed by atoms with Crippen molar-refractivity contribution in [1.29, 1.82) is 0 Å². The first-order valence-corrected chi connectivity index (χ1v) is 6.51. The first kappa shape index (κ1) is 11.4. The van der Waals surface area contributed by atoms with Crippen LogP contribution in [0.2, 0.25) is 0 Å². The molecule has 2 N–H and O–H groups in total. The second kappa shape index (κ2) is 4.42. The third kappa shape index (κ3) is 1.94. The van der Waals surface area contributed by atoms with Crippen LogP contribution in [0.5, 0.6) is 0 Å². The van der Waals surface area contributed by atoms with Crippen molar-refractivity contribution in [2.45, 2.75) is 58.2 Å². The van der Waals surface area contributed by atoms with E-state index in [2.05, 4.69) is 13.8 Å². The van der Waals surface area contributed by atoms with Crippen LogP contribution < -0.4 is 0 Å². The predicted molar refractivity (Wildman–Crippen MR) is 60.4 cm³/mol. The summed E-state index contributed by atoms with van der Waals surface area (Å²) < 4.78 is 0. The number of aliphatic hydroxyl groups is 2. The Morgan fingerprint density at radius 3 is 2.33 bits per heavy atom. The molecule has 2 aliphatic carbocycles. The van der Waals surface area contributed by atoms with E-state index in [1.165, 1.54) is 12.8 Å². The van der Waals surface area contributed by atoms with Gasteiger partial charge in [-0.25, -0.2) is 0 Å². The first-order valence-electron chi connectivity index (χ1n) is 6.51. The van der Waals surface area contributed by atoms with Gasteiger partial charge in [0.2, 0.25) is 0 Å². The highest BCUT2D eigenvalue weighted by molar-refractivity contribution is 4.95. The molecule has 2 saturated carbocycles. The number of hydrogen-bond acceptors (Lipinski definition) is 2. The molecule has 0 bridgehead atoms. The molecule has 0 saturated heterocycles. The van der Waals surface area contributed by atoms with Crippen molar-refractivity contribution >= 4 is 0 Å². The quantitative estimate of drug-likeness (QED) is 0.699. The summed E-state index contributed by atoms with van der Waals surface area (Å²) >= 11 is 0. The zero-order valence-electron chi connectivity index (χ0n) is 9.89. The van der Waals surface area contributed by atoms with Crippen molar-refractivity contribution in [1.82, 2.24) is 0 Å². The largest absolute Gasteiger partial charge is 0.392 e. The molecule has 4 unspecified atom stereocenters. The van der Waals surface area contributed by atoms with Crippen LogP contribution in [0, 0.1) is 23.7 Å². The van der Waals surface area contributed by atoms with Gasteiger partial charge >= 0.3 is 0 Å². The maximum absolute atomic E-state index is 10.3. The van der Waals surface area contributed by atoms with Gasteiger partial charge in [-0.05, 0) is 43.4 Å². The highest BCUT2D eigenvalue weighted by Crippen LogP contribution is 2.45. The smallest absolute Gasteiger partial charge is 0.0623 e. The third-order valence-corrected chi connectivity index (χ3v) is 4.82.